The molecule has 0 saturated carbocycles. The van der Waals surface area contributed by atoms with Crippen molar-refractivity contribution in [1.82, 2.24) is 15.1 Å². The molecule has 0 aliphatic heterocycles. The van der Waals surface area contributed by atoms with E-state index in [2.05, 4.69) is 15.7 Å². The topological polar surface area (TPSA) is 113 Å². The summed E-state index contributed by atoms with van der Waals surface area (Å²) in [4.78, 5) is 32.5. The molecule has 0 aromatic carbocycles. The first kappa shape index (κ1) is 13.4. The molecule has 0 fully saturated rings. The third-order valence-corrected chi connectivity index (χ3v) is 1.86. The van der Waals surface area contributed by atoms with E-state index >= 15 is 0 Å². The Balaban J connectivity index is 2.56. The maximum Gasteiger partial charge on any atom is 0.328 e. The Bertz CT molecular complexity index is 492. The fourth-order valence-corrected chi connectivity index (χ4v) is 1.07. The highest BCUT2D eigenvalue weighted by Crippen LogP contribution is 2.04. The van der Waals surface area contributed by atoms with E-state index in [1.165, 1.54) is 24.1 Å². The minimum absolute atomic E-state index is 0.0390. The molecule has 8 heteroatoms. The summed E-state index contributed by atoms with van der Waals surface area (Å²) < 4.78 is 1.34. The minimum atomic E-state index is -1.21. The fraction of sp³-hybridized carbons (Fsp3) is 0.200. The monoisotopic (exact) mass is 252 g/mol. The van der Waals surface area contributed by atoms with Crippen molar-refractivity contribution < 1.29 is 19.5 Å². The smallest absolute Gasteiger partial charge is 0.328 e. The van der Waals surface area contributed by atoms with Crippen LogP contribution in [-0.4, -0.2) is 39.7 Å². The average Bonchev–Trinajstić information content (AvgIpc) is 2.73. The predicted octanol–water partition coefficient (Wildman–Crippen LogP) is -0.792. The molecule has 0 spiro atoms. The summed E-state index contributed by atoms with van der Waals surface area (Å²) in [6, 6.07) is 0. The number of anilines is 1. The Morgan fingerprint density at radius 1 is 1.44 bits per heavy atom. The quantitative estimate of drug-likeness (QED) is 0.594. The van der Waals surface area contributed by atoms with Gasteiger partial charge in [0.2, 0.25) is 11.8 Å². The molecule has 96 valence electrons. The molecule has 3 N–H and O–H groups in total. The van der Waals surface area contributed by atoms with Gasteiger partial charge in [0, 0.05) is 25.4 Å². The summed E-state index contributed by atoms with van der Waals surface area (Å²) in [5, 5.41) is 17.0. The zero-order valence-electron chi connectivity index (χ0n) is 9.58. The molecule has 0 aliphatic carbocycles. The Morgan fingerprint density at radius 3 is 2.78 bits per heavy atom. The molecule has 0 aliphatic rings. The Labute approximate surface area is 102 Å². The molecule has 1 aromatic heterocycles. The van der Waals surface area contributed by atoms with Crippen LogP contribution in [-0.2, 0) is 20.9 Å². The van der Waals surface area contributed by atoms with Crippen LogP contribution >= 0.6 is 0 Å². The van der Waals surface area contributed by atoms with Crippen LogP contribution in [0.4, 0.5) is 5.69 Å². The van der Waals surface area contributed by atoms with E-state index < -0.39 is 11.9 Å². The zero-order valence-corrected chi connectivity index (χ0v) is 9.58. The molecule has 0 atom stereocenters. The van der Waals surface area contributed by atoms with Gasteiger partial charge in [-0.15, -0.1) is 0 Å². The largest absolute Gasteiger partial charge is 0.478 e. The van der Waals surface area contributed by atoms with Crippen LogP contribution in [0, 0.1) is 0 Å². The third kappa shape index (κ3) is 4.47. The van der Waals surface area contributed by atoms with E-state index in [1.54, 1.807) is 0 Å². The molecule has 0 saturated heterocycles. The maximum absolute atomic E-state index is 11.2. The van der Waals surface area contributed by atoms with Gasteiger partial charge in [-0.1, -0.05) is 0 Å². The molecule has 1 aromatic rings. The number of carbonyl (C=O) groups is 3. The van der Waals surface area contributed by atoms with Gasteiger partial charge in [-0.3, -0.25) is 14.3 Å². The summed E-state index contributed by atoms with van der Waals surface area (Å²) in [6.45, 7) is 0.0390. The number of hydrogen-bond donors (Lipinski definition) is 3. The number of nitrogens with one attached hydrogen (secondary N) is 2. The Kier molecular flexibility index (Phi) is 4.61. The van der Waals surface area contributed by atoms with Crippen LogP contribution in [0.3, 0.4) is 0 Å². The number of carbonyl (C=O) groups excluding carboxylic acids is 2. The molecule has 18 heavy (non-hydrogen) atoms. The summed E-state index contributed by atoms with van der Waals surface area (Å²) in [5.41, 5.74) is 0.374. The van der Waals surface area contributed by atoms with Crippen molar-refractivity contribution in [3.63, 3.8) is 0 Å². The lowest BCUT2D eigenvalue weighted by molar-refractivity contribution is -0.131. The van der Waals surface area contributed by atoms with E-state index in [9.17, 15) is 14.4 Å². The van der Waals surface area contributed by atoms with Crippen LogP contribution in [0.2, 0.25) is 0 Å². The second-order valence-corrected chi connectivity index (χ2v) is 3.26. The van der Waals surface area contributed by atoms with Gasteiger partial charge in [0.25, 0.3) is 0 Å². The lowest BCUT2D eigenvalue weighted by Gasteiger charge is -1.99. The van der Waals surface area contributed by atoms with Crippen molar-refractivity contribution in [2.75, 3.05) is 12.4 Å². The van der Waals surface area contributed by atoms with Crippen molar-refractivity contribution in [2.24, 2.45) is 0 Å². The third-order valence-electron chi connectivity index (χ3n) is 1.86. The molecule has 1 rings (SSSR count). The Morgan fingerprint density at radius 2 is 2.17 bits per heavy atom. The molecule has 0 bridgehead atoms. The van der Waals surface area contributed by atoms with Crippen LogP contribution in [0.5, 0.6) is 0 Å². The van der Waals surface area contributed by atoms with E-state index in [1.807, 2.05) is 0 Å². The van der Waals surface area contributed by atoms with Crippen LogP contribution < -0.4 is 10.6 Å². The highest BCUT2D eigenvalue weighted by molar-refractivity contribution is 6.02. The van der Waals surface area contributed by atoms with E-state index in [-0.39, 0.29) is 12.5 Å². The molecule has 2 amide bonds. The number of carboxylic acids is 1. The summed E-state index contributed by atoms with van der Waals surface area (Å²) >= 11 is 0. The van der Waals surface area contributed by atoms with Crippen molar-refractivity contribution in [2.45, 2.75) is 6.54 Å². The van der Waals surface area contributed by atoms with Gasteiger partial charge in [-0.25, -0.2) is 4.79 Å². The summed E-state index contributed by atoms with van der Waals surface area (Å²) in [5.74, 6) is -2.01. The first-order valence-corrected chi connectivity index (χ1v) is 4.96. The molecular formula is C10H12N4O4. The number of nitrogens with zero attached hydrogens (tertiary/aromatic N) is 2. The van der Waals surface area contributed by atoms with Crippen molar-refractivity contribution in [3.8, 4) is 0 Å². The van der Waals surface area contributed by atoms with Gasteiger partial charge >= 0.3 is 5.97 Å². The first-order chi connectivity index (χ1) is 8.51. The minimum Gasteiger partial charge on any atom is -0.478 e. The van der Waals surface area contributed by atoms with Crippen molar-refractivity contribution in [1.29, 1.82) is 0 Å². The molecule has 1 heterocycles. The number of carboxylic acid groups (broad SMARTS) is 1. The highest BCUT2D eigenvalue weighted by Gasteiger charge is 2.04. The van der Waals surface area contributed by atoms with E-state index in [0.717, 1.165) is 12.2 Å². The number of rotatable bonds is 5. The number of hydrogen-bond acceptors (Lipinski definition) is 4. The van der Waals surface area contributed by atoms with Gasteiger partial charge in [0.05, 0.1) is 11.9 Å². The lowest BCUT2D eigenvalue weighted by Crippen LogP contribution is -2.23. The van der Waals surface area contributed by atoms with Gasteiger partial charge < -0.3 is 15.7 Å². The normalized spacial score (nSPS) is 10.3. The molecule has 8 nitrogen and oxygen atoms in total. The van der Waals surface area contributed by atoms with Gasteiger partial charge in [-0.2, -0.15) is 5.10 Å². The van der Waals surface area contributed by atoms with Crippen molar-refractivity contribution >= 4 is 23.5 Å². The number of aromatic nitrogens is 2. The second kappa shape index (κ2) is 6.18. The summed E-state index contributed by atoms with van der Waals surface area (Å²) in [7, 11) is 1.51. The van der Waals surface area contributed by atoms with Gasteiger partial charge in [-0.05, 0) is 0 Å². The first-order valence-electron chi connectivity index (χ1n) is 4.96. The van der Waals surface area contributed by atoms with E-state index in [4.69, 9.17) is 5.11 Å². The predicted molar refractivity (Wildman–Crippen MR) is 61.7 cm³/mol. The number of aliphatic carboxylic acids is 1. The standard InChI is InChI=1S/C10H12N4O4/c1-11-9(16)6-14-5-7(4-12-14)13-8(15)2-3-10(17)18/h2-5H,6H2,1H3,(H,11,16)(H,13,15)(H,17,18)/b3-2+. The summed E-state index contributed by atoms with van der Waals surface area (Å²) in [6.07, 6.45) is 4.43. The Hall–Kier alpha value is -2.64. The number of amides is 2. The molecule has 0 radical (unpaired) electrons. The van der Waals surface area contributed by atoms with Gasteiger partial charge in [0.15, 0.2) is 0 Å². The van der Waals surface area contributed by atoms with Crippen LogP contribution in [0.1, 0.15) is 0 Å². The second-order valence-electron chi connectivity index (χ2n) is 3.26. The maximum atomic E-state index is 11.2. The lowest BCUT2D eigenvalue weighted by atomic mass is 10.4. The highest BCUT2D eigenvalue weighted by atomic mass is 16.4. The average molecular weight is 252 g/mol. The number of likely N-dealkylation sites (N-methyl/N-ethyl adjacent to an activating group) is 1. The van der Waals surface area contributed by atoms with E-state index in [0.29, 0.717) is 5.69 Å². The van der Waals surface area contributed by atoms with Crippen molar-refractivity contribution in [3.05, 3.63) is 24.5 Å². The molecular weight excluding hydrogens is 240 g/mol. The SMILES string of the molecule is CNC(=O)Cn1cc(NC(=O)/C=C/C(=O)O)cn1. The molecule has 0 unspecified atom stereocenters. The fourth-order valence-electron chi connectivity index (χ4n) is 1.07. The van der Waals surface area contributed by atoms with Crippen LogP contribution in [0.15, 0.2) is 24.5 Å². The zero-order chi connectivity index (χ0) is 13.5. The van der Waals surface area contributed by atoms with Crippen LogP contribution in [0.25, 0.3) is 0 Å². The van der Waals surface area contributed by atoms with Gasteiger partial charge in [0.1, 0.15) is 6.54 Å².